The highest BCUT2D eigenvalue weighted by atomic mass is 16.1. The van der Waals surface area contributed by atoms with Gasteiger partial charge < -0.3 is 10.6 Å². The molecule has 0 aliphatic rings. The van der Waals surface area contributed by atoms with Crippen LogP contribution in [0.3, 0.4) is 0 Å². The molecule has 0 saturated carbocycles. The second kappa shape index (κ2) is 7.29. The van der Waals surface area contributed by atoms with Crippen LogP contribution in [0.4, 0.5) is 0 Å². The zero-order valence-electron chi connectivity index (χ0n) is 12.5. The fourth-order valence-corrected chi connectivity index (χ4v) is 1.66. The van der Waals surface area contributed by atoms with E-state index in [-0.39, 0.29) is 5.91 Å². The van der Waals surface area contributed by atoms with E-state index in [0.29, 0.717) is 12.0 Å². The van der Waals surface area contributed by atoms with Gasteiger partial charge in [-0.2, -0.15) is 0 Å². The van der Waals surface area contributed by atoms with E-state index in [1.807, 2.05) is 31.2 Å². The Kier molecular flexibility index (Phi) is 6.03. The molecule has 0 spiro atoms. The normalized spacial score (nSPS) is 11.4. The topological polar surface area (TPSA) is 41.1 Å². The van der Waals surface area contributed by atoms with Crippen LogP contribution >= 0.6 is 0 Å². The molecule has 0 aromatic heterocycles. The van der Waals surface area contributed by atoms with E-state index in [1.165, 1.54) is 5.56 Å². The predicted molar refractivity (Wildman–Crippen MR) is 80.5 cm³/mol. The van der Waals surface area contributed by atoms with Crippen molar-refractivity contribution in [3.05, 3.63) is 35.4 Å². The van der Waals surface area contributed by atoms with Gasteiger partial charge in [0.1, 0.15) is 0 Å². The fourth-order valence-electron chi connectivity index (χ4n) is 1.66. The fraction of sp³-hybridized carbons (Fsp3) is 0.562. The van der Waals surface area contributed by atoms with Gasteiger partial charge in [-0.05, 0) is 37.4 Å². The van der Waals surface area contributed by atoms with E-state index < -0.39 is 0 Å². The maximum absolute atomic E-state index is 11.8. The first-order chi connectivity index (χ1) is 8.88. The number of carbonyl (C=O) groups is 1. The highest BCUT2D eigenvalue weighted by Crippen LogP contribution is 2.16. The minimum Gasteiger partial charge on any atom is -0.351 e. The predicted octanol–water partition coefficient (Wildman–Crippen LogP) is 2.75. The van der Waals surface area contributed by atoms with Crippen molar-refractivity contribution in [3.63, 3.8) is 0 Å². The van der Waals surface area contributed by atoms with Gasteiger partial charge >= 0.3 is 0 Å². The Labute approximate surface area is 116 Å². The van der Waals surface area contributed by atoms with Gasteiger partial charge in [0.2, 0.25) is 0 Å². The molecule has 2 N–H and O–H groups in total. The molecule has 0 radical (unpaired) electrons. The zero-order valence-corrected chi connectivity index (χ0v) is 12.5. The molecule has 1 aromatic carbocycles. The first-order valence-corrected chi connectivity index (χ1v) is 6.94. The van der Waals surface area contributed by atoms with Crippen molar-refractivity contribution in [1.29, 1.82) is 0 Å². The molecule has 0 aliphatic carbocycles. The highest BCUT2D eigenvalue weighted by molar-refractivity contribution is 5.94. The Bertz CT molecular complexity index is 390. The number of amides is 1. The van der Waals surface area contributed by atoms with Crippen molar-refractivity contribution in [3.8, 4) is 0 Å². The van der Waals surface area contributed by atoms with Crippen molar-refractivity contribution in [2.45, 2.75) is 34.1 Å². The molecule has 0 aliphatic heterocycles. The summed E-state index contributed by atoms with van der Waals surface area (Å²) in [5.74, 6) is -0.00220. The molecule has 3 nitrogen and oxygen atoms in total. The van der Waals surface area contributed by atoms with E-state index in [2.05, 4.69) is 31.4 Å². The molecule has 0 heterocycles. The lowest BCUT2D eigenvalue weighted by Crippen LogP contribution is -2.33. The SMILES string of the molecule is Cc1ccc(C(=O)NCCNCCC(C)(C)C)cc1. The molecule has 1 amide bonds. The molecule has 1 aromatic rings. The van der Waals surface area contributed by atoms with Crippen LogP contribution in [0.1, 0.15) is 43.1 Å². The van der Waals surface area contributed by atoms with E-state index in [1.54, 1.807) is 0 Å². The average Bonchev–Trinajstić information content (AvgIpc) is 2.33. The summed E-state index contributed by atoms with van der Waals surface area (Å²) in [5, 5.41) is 6.26. The monoisotopic (exact) mass is 262 g/mol. The largest absolute Gasteiger partial charge is 0.351 e. The minimum atomic E-state index is -0.00220. The van der Waals surface area contributed by atoms with Crippen LogP contribution in [0.15, 0.2) is 24.3 Å². The van der Waals surface area contributed by atoms with Gasteiger partial charge in [-0.25, -0.2) is 0 Å². The molecule has 0 fully saturated rings. The van der Waals surface area contributed by atoms with Gasteiger partial charge in [0.25, 0.3) is 5.91 Å². The zero-order chi connectivity index (χ0) is 14.3. The third kappa shape index (κ3) is 6.97. The first-order valence-electron chi connectivity index (χ1n) is 6.94. The summed E-state index contributed by atoms with van der Waals surface area (Å²) in [6.45, 7) is 11.2. The number of rotatable bonds is 6. The standard InChI is InChI=1S/C16H26N2O/c1-13-5-7-14(8-6-13)15(19)18-12-11-17-10-9-16(2,3)4/h5-8,17H,9-12H2,1-4H3,(H,18,19). The third-order valence-electron chi connectivity index (χ3n) is 2.95. The Hall–Kier alpha value is -1.35. The number of hydrogen-bond acceptors (Lipinski definition) is 2. The molecule has 0 bridgehead atoms. The lowest BCUT2D eigenvalue weighted by molar-refractivity contribution is 0.0954. The summed E-state index contributed by atoms with van der Waals surface area (Å²) >= 11 is 0. The Morgan fingerprint density at radius 3 is 2.26 bits per heavy atom. The van der Waals surface area contributed by atoms with Crippen molar-refractivity contribution in [2.75, 3.05) is 19.6 Å². The van der Waals surface area contributed by atoms with Crippen molar-refractivity contribution < 1.29 is 4.79 Å². The van der Waals surface area contributed by atoms with Gasteiger partial charge in [0, 0.05) is 18.7 Å². The van der Waals surface area contributed by atoms with E-state index >= 15 is 0 Å². The summed E-state index contributed by atoms with van der Waals surface area (Å²) in [4.78, 5) is 11.8. The van der Waals surface area contributed by atoms with Gasteiger partial charge in [-0.1, -0.05) is 38.5 Å². The molecule has 3 heteroatoms. The second-order valence-electron chi connectivity index (χ2n) is 6.18. The van der Waals surface area contributed by atoms with E-state index in [4.69, 9.17) is 0 Å². The number of carbonyl (C=O) groups excluding carboxylic acids is 1. The minimum absolute atomic E-state index is 0.00220. The number of benzene rings is 1. The Balaban J connectivity index is 2.16. The quantitative estimate of drug-likeness (QED) is 0.774. The van der Waals surface area contributed by atoms with Gasteiger partial charge in [-0.15, -0.1) is 0 Å². The highest BCUT2D eigenvalue weighted by Gasteiger charge is 2.08. The van der Waals surface area contributed by atoms with Crippen LogP contribution in [-0.4, -0.2) is 25.5 Å². The van der Waals surface area contributed by atoms with Crippen LogP contribution in [0.2, 0.25) is 0 Å². The number of nitrogens with one attached hydrogen (secondary N) is 2. The summed E-state index contributed by atoms with van der Waals surface area (Å²) < 4.78 is 0. The van der Waals surface area contributed by atoms with Crippen molar-refractivity contribution >= 4 is 5.91 Å². The van der Waals surface area contributed by atoms with Crippen LogP contribution in [-0.2, 0) is 0 Å². The summed E-state index contributed by atoms with van der Waals surface area (Å²) in [6.07, 6.45) is 1.14. The van der Waals surface area contributed by atoms with Gasteiger partial charge in [-0.3, -0.25) is 4.79 Å². The van der Waals surface area contributed by atoms with Crippen molar-refractivity contribution in [2.24, 2.45) is 5.41 Å². The van der Waals surface area contributed by atoms with Gasteiger partial charge in [0.05, 0.1) is 0 Å². The van der Waals surface area contributed by atoms with E-state index in [0.717, 1.165) is 25.1 Å². The maximum atomic E-state index is 11.8. The number of hydrogen-bond donors (Lipinski definition) is 2. The summed E-state index contributed by atoms with van der Waals surface area (Å²) in [7, 11) is 0. The Morgan fingerprint density at radius 2 is 1.68 bits per heavy atom. The van der Waals surface area contributed by atoms with Crippen molar-refractivity contribution in [1.82, 2.24) is 10.6 Å². The lowest BCUT2D eigenvalue weighted by Gasteiger charge is -2.18. The van der Waals surface area contributed by atoms with Crippen LogP contribution in [0.5, 0.6) is 0 Å². The second-order valence-corrected chi connectivity index (χ2v) is 6.18. The molecular weight excluding hydrogens is 236 g/mol. The third-order valence-corrected chi connectivity index (χ3v) is 2.95. The molecule has 0 saturated heterocycles. The van der Waals surface area contributed by atoms with Gasteiger partial charge in [0.15, 0.2) is 0 Å². The molecule has 19 heavy (non-hydrogen) atoms. The van der Waals surface area contributed by atoms with Crippen LogP contribution in [0, 0.1) is 12.3 Å². The number of aryl methyl sites for hydroxylation is 1. The summed E-state index contributed by atoms with van der Waals surface area (Å²) in [6, 6.07) is 7.63. The summed E-state index contributed by atoms with van der Waals surface area (Å²) in [5.41, 5.74) is 2.25. The molecular formula is C16H26N2O. The van der Waals surface area contributed by atoms with E-state index in [9.17, 15) is 4.79 Å². The molecule has 1 rings (SSSR count). The van der Waals surface area contributed by atoms with Crippen LogP contribution < -0.4 is 10.6 Å². The lowest BCUT2D eigenvalue weighted by atomic mass is 9.92. The Morgan fingerprint density at radius 1 is 1.05 bits per heavy atom. The molecule has 0 atom stereocenters. The smallest absolute Gasteiger partial charge is 0.251 e. The maximum Gasteiger partial charge on any atom is 0.251 e. The molecule has 106 valence electrons. The molecule has 0 unspecified atom stereocenters. The first kappa shape index (κ1) is 15.7. The van der Waals surface area contributed by atoms with Crippen LogP contribution in [0.25, 0.3) is 0 Å². The average molecular weight is 262 g/mol.